The number of carbonyl (C=O) groups is 1. The zero-order valence-electron chi connectivity index (χ0n) is 7.98. The summed E-state index contributed by atoms with van der Waals surface area (Å²) in [6.45, 7) is 0. The molecule has 14 heavy (non-hydrogen) atoms. The number of anilines is 1. The minimum Gasteiger partial charge on any atom is -0.331 e. The minimum absolute atomic E-state index is 0.271. The van der Waals surface area contributed by atoms with Crippen molar-refractivity contribution in [1.82, 2.24) is 9.88 Å². The summed E-state index contributed by atoms with van der Waals surface area (Å²) in [5.74, 6) is 0.378. The molecule has 0 saturated carbocycles. The van der Waals surface area contributed by atoms with Crippen LogP contribution in [-0.2, 0) is 0 Å². The number of aromatic nitrogens is 1. The Morgan fingerprint density at radius 3 is 2.86 bits per heavy atom. The summed E-state index contributed by atoms with van der Waals surface area (Å²) in [5.41, 5.74) is 0.279. The first-order valence-corrected chi connectivity index (χ1v) is 3.99. The van der Waals surface area contributed by atoms with Crippen molar-refractivity contribution in [1.29, 1.82) is 5.26 Å². The Kier molecular flexibility index (Phi) is 3.02. The van der Waals surface area contributed by atoms with Gasteiger partial charge in [0.25, 0.3) is 0 Å². The molecule has 1 heterocycles. The molecule has 0 saturated heterocycles. The largest absolute Gasteiger partial charge is 0.331 e. The van der Waals surface area contributed by atoms with Gasteiger partial charge in [0.1, 0.15) is 17.6 Å². The van der Waals surface area contributed by atoms with Crippen LogP contribution in [0.15, 0.2) is 18.2 Å². The van der Waals surface area contributed by atoms with Gasteiger partial charge >= 0.3 is 6.03 Å². The van der Waals surface area contributed by atoms with E-state index < -0.39 is 0 Å². The van der Waals surface area contributed by atoms with Gasteiger partial charge in [-0.15, -0.1) is 0 Å². The molecule has 0 aliphatic rings. The van der Waals surface area contributed by atoms with E-state index in [1.54, 1.807) is 32.3 Å². The predicted molar refractivity (Wildman–Crippen MR) is 51.7 cm³/mol. The van der Waals surface area contributed by atoms with E-state index in [-0.39, 0.29) is 11.7 Å². The third kappa shape index (κ3) is 2.45. The van der Waals surface area contributed by atoms with E-state index in [1.165, 1.54) is 4.90 Å². The van der Waals surface area contributed by atoms with Gasteiger partial charge in [-0.2, -0.15) is 5.26 Å². The lowest BCUT2D eigenvalue weighted by molar-refractivity contribution is 0.230. The van der Waals surface area contributed by atoms with Crippen molar-refractivity contribution in [2.24, 2.45) is 0 Å². The number of rotatable bonds is 1. The van der Waals surface area contributed by atoms with Gasteiger partial charge in [0, 0.05) is 14.1 Å². The van der Waals surface area contributed by atoms with Crippen LogP contribution < -0.4 is 5.32 Å². The van der Waals surface area contributed by atoms with E-state index in [9.17, 15) is 4.79 Å². The second-order valence-electron chi connectivity index (χ2n) is 2.84. The van der Waals surface area contributed by atoms with Crippen LogP contribution >= 0.6 is 0 Å². The first kappa shape index (κ1) is 9.99. The molecule has 1 N–H and O–H groups in total. The summed E-state index contributed by atoms with van der Waals surface area (Å²) in [6, 6.07) is 6.49. The number of amides is 2. The predicted octanol–water partition coefficient (Wildman–Crippen LogP) is 1.05. The van der Waals surface area contributed by atoms with Gasteiger partial charge in [0.15, 0.2) is 0 Å². The van der Waals surface area contributed by atoms with Gasteiger partial charge < -0.3 is 4.90 Å². The smallest absolute Gasteiger partial charge is 0.322 e. The zero-order chi connectivity index (χ0) is 10.6. The molecule has 1 rings (SSSR count). The van der Waals surface area contributed by atoms with E-state index in [4.69, 9.17) is 5.26 Å². The van der Waals surface area contributed by atoms with Gasteiger partial charge in [-0.25, -0.2) is 9.78 Å². The molecule has 5 heteroatoms. The fourth-order valence-electron chi connectivity index (χ4n) is 0.788. The SMILES string of the molecule is CN(C)C(=O)Nc1cccc(C#N)n1. The van der Waals surface area contributed by atoms with Crippen molar-refractivity contribution < 1.29 is 4.79 Å². The van der Waals surface area contributed by atoms with Crippen molar-refractivity contribution in [3.05, 3.63) is 23.9 Å². The quantitative estimate of drug-likeness (QED) is 0.719. The second-order valence-corrected chi connectivity index (χ2v) is 2.84. The lowest BCUT2D eigenvalue weighted by Crippen LogP contribution is -2.27. The number of nitrogens with one attached hydrogen (secondary N) is 1. The third-order valence-electron chi connectivity index (χ3n) is 1.50. The molecule has 0 bridgehead atoms. The first-order chi connectivity index (χ1) is 6.63. The second kappa shape index (κ2) is 4.23. The highest BCUT2D eigenvalue weighted by Crippen LogP contribution is 2.04. The molecule has 1 aromatic rings. The Hall–Kier alpha value is -2.09. The van der Waals surface area contributed by atoms with Crippen LogP contribution in [0.2, 0.25) is 0 Å². The normalized spacial score (nSPS) is 8.93. The fourth-order valence-corrected chi connectivity index (χ4v) is 0.788. The number of nitriles is 1. The summed E-state index contributed by atoms with van der Waals surface area (Å²) < 4.78 is 0. The van der Waals surface area contributed by atoms with Crippen molar-refractivity contribution >= 4 is 11.8 Å². The molecule has 0 spiro atoms. The van der Waals surface area contributed by atoms with E-state index in [2.05, 4.69) is 10.3 Å². The van der Waals surface area contributed by atoms with Crippen molar-refractivity contribution in [2.75, 3.05) is 19.4 Å². The van der Waals surface area contributed by atoms with Crippen molar-refractivity contribution in [2.45, 2.75) is 0 Å². The highest BCUT2D eigenvalue weighted by Gasteiger charge is 2.04. The lowest BCUT2D eigenvalue weighted by Gasteiger charge is -2.10. The number of urea groups is 1. The topological polar surface area (TPSA) is 69.0 Å². The zero-order valence-corrected chi connectivity index (χ0v) is 7.98. The molecular formula is C9H10N4O. The standard InChI is InChI=1S/C9H10N4O/c1-13(2)9(14)12-8-5-3-4-7(6-10)11-8/h3-5H,1-2H3,(H,11,12,14). The van der Waals surface area contributed by atoms with Gasteiger partial charge in [-0.1, -0.05) is 6.07 Å². The average Bonchev–Trinajstić information content (AvgIpc) is 2.18. The molecule has 0 aliphatic heterocycles. The Bertz CT molecular complexity index is 381. The summed E-state index contributed by atoms with van der Waals surface area (Å²) in [7, 11) is 3.26. The molecule has 0 aromatic carbocycles. The number of hydrogen-bond acceptors (Lipinski definition) is 3. The average molecular weight is 190 g/mol. The van der Waals surface area contributed by atoms with Gasteiger partial charge in [0.05, 0.1) is 0 Å². The Morgan fingerprint density at radius 2 is 2.29 bits per heavy atom. The highest BCUT2D eigenvalue weighted by atomic mass is 16.2. The van der Waals surface area contributed by atoms with E-state index >= 15 is 0 Å². The monoisotopic (exact) mass is 190 g/mol. The maximum absolute atomic E-state index is 11.2. The highest BCUT2D eigenvalue weighted by molar-refractivity contribution is 5.87. The van der Waals surface area contributed by atoms with E-state index in [0.29, 0.717) is 5.82 Å². The number of hydrogen-bond donors (Lipinski definition) is 1. The molecule has 0 fully saturated rings. The molecule has 72 valence electrons. The summed E-state index contributed by atoms with van der Waals surface area (Å²) >= 11 is 0. The molecule has 2 amide bonds. The minimum atomic E-state index is -0.271. The molecule has 1 aromatic heterocycles. The maximum Gasteiger partial charge on any atom is 0.322 e. The van der Waals surface area contributed by atoms with Crippen LogP contribution in [0.3, 0.4) is 0 Å². The Balaban J connectivity index is 2.78. The molecule has 5 nitrogen and oxygen atoms in total. The maximum atomic E-state index is 11.2. The first-order valence-electron chi connectivity index (χ1n) is 3.99. The van der Waals surface area contributed by atoms with Crippen LogP contribution in [0.5, 0.6) is 0 Å². The van der Waals surface area contributed by atoms with Crippen LogP contribution in [0.1, 0.15) is 5.69 Å². The summed E-state index contributed by atoms with van der Waals surface area (Å²) in [6.07, 6.45) is 0. The van der Waals surface area contributed by atoms with Crippen molar-refractivity contribution in [3.63, 3.8) is 0 Å². The molecule has 0 aliphatic carbocycles. The number of nitrogens with zero attached hydrogens (tertiary/aromatic N) is 3. The molecule has 0 radical (unpaired) electrons. The van der Waals surface area contributed by atoms with E-state index in [0.717, 1.165) is 0 Å². The van der Waals surface area contributed by atoms with Crippen LogP contribution in [0.4, 0.5) is 10.6 Å². The van der Waals surface area contributed by atoms with Crippen LogP contribution in [0.25, 0.3) is 0 Å². The Labute approximate surface area is 82.0 Å². The molecule has 0 atom stereocenters. The Morgan fingerprint density at radius 1 is 1.57 bits per heavy atom. The molecule has 0 unspecified atom stereocenters. The van der Waals surface area contributed by atoms with Crippen LogP contribution in [0, 0.1) is 11.3 Å². The van der Waals surface area contributed by atoms with Gasteiger partial charge in [0.2, 0.25) is 0 Å². The lowest BCUT2D eigenvalue weighted by atomic mass is 10.3. The third-order valence-corrected chi connectivity index (χ3v) is 1.50. The molecular weight excluding hydrogens is 180 g/mol. The van der Waals surface area contributed by atoms with E-state index in [1.807, 2.05) is 6.07 Å². The summed E-state index contributed by atoms with van der Waals surface area (Å²) in [5, 5.41) is 11.1. The van der Waals surface area contributed by atoms with Gasteiger partial charge in [-0.3, -0.25) is 5.32 Å². The fraction of sp³-hybridized carbons (Fsp3) is 0.222. The van der Waals surface area contributed by atoms with Gasteiger partial charge in [-0.05, 0) is 12.1 Å². The number of pyridine rings is 1. The van der Waals surface area contributed by atoms with Crippen LogP contribution in [-0.4, -0.2) is 30.0 Å². The van der Waals surface area contributed by atoms with Crippen molar-refractivity contribution in [3.8, 4) is 6.07 Å². The summed E-state index contributed by atoms with van der Waals surface area (Å²) in [4.78, 5) is 16.5. The number of carbonyl (C=O) groups excluding carboxylic acids is 1.